The quantitative estimate of drug-likeness (QED) is 0.412. The van der Waals surface area contributed by atoms with E-state index in [4.69, 9.17) is 0 Å². The van der Waals surface area contributed by atoms with Gasteiger partial charge in [-0.3, -0.25) is 10.1 Å². The van der Waals surface area contributed by atoms with E-state index in [0.717, 1.165) is 22.3 Å². The lowest BCUT2D eigenvalue weighted by Crippen LogP contribution is -1.99. The van der Waals surface area contributed by atoms with Gasteiger partial charge in [-0.1, -0.05) is 22.9 Å². The largest absolute Gasteiger partial charge is 0.410 e. The Morgan fingerprint density at radius 1 is 1.05 bits per heavy atom. The van der Waals surface area contributed by atoms with Crippen LogP contribution in [0.1, 0.15) is 16.7 Å². The lowest BCUT2D eigenvalue weighted by atomic mass is 10.0. The Hall–Kier alpha value is -2.69. The van der Waals surface area contributed by atoms with Crippen molar-refractivity contribution in [3.8, 4) is 11.1 Å². The Kier molecular flexibility index (Phi) is 2.35. The number of rotatable bonds is 1. The number of oxime groups is 1. The average molecular weight is 254 g/mol. The lowest BCUT2D eigenvalue weighted by Gasteiger charge is -2.00. The van der Waals surface area contributed by atoms with Gasteiger partial charge in [0.1, 0.15) is 5.71 Å². The molecule has 19 heavy (non-hydrogen) atoms. The molecule has 0 bridgehead atoms. The number of nitrogens with zero attached hydrogens (tertiary/aromatic N) is 2. The summed E-state index contributed by atoms with van der Waals surface area (Å²) in [6.07, 6.45) is 0. The molecule has 1 aliphatic carbocycles. The van der Waals surface area contributed by atoms with Gasteiger partial charge in [-0.15, -0.1) is 0 Å². The topological polar surface area (TPSA) is 75.7 Å². The van der Waals surface area contributed by atoms with Crippen molar-refractivity contribution in [3.05, 3.63) is 63.2 Å². The smallest absolute Gasteiger partial charge is 0.270 e. The summed E-state index contributed by atoms with van der Waals surface area (Å²) in [6, 6.07) is 10.4. The second-order valence-electron chi connectivity index (χ2n) is 4.48. The number of hydrogen-bond donors (Lipinski definition) is 1. The second-order valence-corrected chi connectivity index (χ2v) is 4.48. The van der Waals surface area contributed by atoms with Gasteiger partial charge in [-0.25, -0.2) is 0 Å². The normalized spacial score (nSPS) is 14.3. The number of aryl methyl sites for hydroxylation is 1. The molecule has 2 aromatic carbocycles. The molecule has 1 N–H and O–H groups in total. The molecule has 0 aliphatic heterocycles. The second kappa shape index (κ2) is 3.91. The maximum Gasteiger partial charge on any atom is 0.270 e. The van der Waals surface area contributed by atoms with Gasteiger partial charge in [-0.2, -0.15) is 0 Å². The molecule has 0 fully saturated rings. The number of nitro groups is 1. The SMILES string of the molecule is Cc1ccc2c(c1)C(=NO)c1cc([N+](=O)[O-])ccc1-2. The number of non-ortho nitro benzene ring substituents is 1. The molecule has 0 saturated carbocycles. The van der Waals surface area contributed by atoms with Crippen LogP contribution in [0.25, 0.3) is 11.1 Å². The summed E-state index contributed by atoms with van der Waals surface area (Å²) >= 11 is 0. The Labute approximate surface area is 109 Å². The Balaban J connectivity index is 2.30. The van der Waals surface area contributed by atoms with Crippen LogP contribution < -0.4 is 0 Å². The molecular weight excluding hydrogens is 244 g/mol. The van der Waals surface area contributed by atoms with Crippen molar-refractivity contribution < 1.29 is 10.1 Å². The van der Waals surface area contributed by atoms with Crippen molar-refractivity contribution in [1.29, 1.82) is 0 Å². The zero-order chi connectivity index (χ0) is 13.6. The van der Waals surface area contributed by atoms with E-state index in [1.165, 1.54) is 12.1 Å². The number of hydrogen-bond acceptors (Lipinski definition) is 4. The van der Waals surface area contributed by atoms with Gasteiger partial charge in [0.2, 0.25) is 0 Å². The summed E-state index contributed by atoms with van der Waals surface area (Å²) < 4.78 is 0. The molecule has 0 spiro atoms. The highest BCUT2D eigenvalue weighted by atomic mass is 16.6. The van der Waals surface area contributed by atoms with E-state index in [-0.39, 0.29) is 5.69 Å². The fourth-order valence-electron chi connectivity index (χ4n) is 2.42. The Morgan fingerprint density at radius 2 is 1.68 bits per heavy atom. The van der Waals surface area contributed by atoms with E-state index in [2.05, 4.69) is 5.16 Å². The lowest BCUT2D eigenvalue weighted by molar-refractivity contribution is -0.384. The van der Waals surface area contributed by atoms with Crippen molar-refractivity contribution in [2.45, 2.75) is 6.92 Å². The Morgan fingerprint density at radius 3 is 2.32 bits per heavy atom. The first kappa shape index (κ1) is 11.4. The van der Waals surface area contributed by atoms with Crippen molar-refractivity contribution in [2.75, 3.05) is 0 Å². The van der Waals surface area contributed by atoms with Gasteiger partial charge in [-0.05, 0) is 30.2 Å². The molecule has 0 heterocycles. The number of fused-ring (bicyclic) bond motifs is 3. The van der Waals surface area contributed by atoms with E-state index < -0.39 is 4.92 Å². The summed E-state index contributed by atoms with van der Waals surface area (Å²) in [5.74, 6) is 0. The van der Waals surface area contributed by atoms with Gasteiger partial charge in [0, 0.05) is 23.3 Å². The molecule has 0 unspecified atom stereocenters. The third-order valence-corrected chi connectivity index (χ3v) is 3.29. The van der Waals surface area contributed by atoms with Crippen LogP contribution in [0, 0.1) is 17.0 Å². The van der Waals surface area contributed by atoms with Crippen LogP contribution in [0.5, 0.6) is 0 Å². The van der Waals surface area contributed by atoms with Crippen LogP contribution in [0.2, 0.25) is 0 Å². The van der Waals surface area contributed by atoms with Crippen molar-refractivity contribution >= 4 is 11.4 Å². The van der Waals surface area contributed by atoms with Crippen molar-refractivity contribution in [2.24, 2.45) is 5.16 Å². The van der Waals surface area contributed by atoms with E-state index in [9.17, 15) is 15.3 Å². The number of benzene rings is 2. The number of nitro benzene ring substituents is 1. The highest BCUT2D eigenvalue weighted by molar-refractivity contribution is 6.24. The summed E-state index contributed by atoms with van der Waals surface area (Å²) in [6.45, 7) is 1.95. The van der Waals surface area contributed by atoms with Crippen LogP contribution in [-0.4, -0.2) is 15.8 Å². The van der Waals surface area contributed by atoms with E-state index >= 15 is 0 Å². The monoisotopic (exact) mass is 254 g/mol. The van der Waals surface area contributed by atoms with Gasteiger partial charge in [0.25, 0.3) is 5.69 Å². The molecule has 3 rings (SSSR count). The maximum atomic E-state index is 10.8. The standard InChI is InChI=1S/C14H10N2O3/c1-8-2-4-10-11-5-3-9(16(18)19)7-13(11)14(15-17)12(10)6-8/h2-7,17H,1H3. The van der Waals surface area contributed by atoms with Crippen LogP contribution in [0.3, 0.4) is 0 Å². The Bertz CT molecular complexity index is 735. The molecule has 0 aromatic heterocycles. The molecule has 5 heteroatoms. The molecule has 2 aromatic rings. The molecule has 94 valence electrons. The minimum absolute atomic E-state index is 0.00979. The fourth-order valence-corrected chi connectivity index (χ4v) is 2.42. The molecular formula is C14H10N2O3. The highest BCUT2D eigenvalue weighted by Crippen LogP contribution is 2.38. The molecule has 0 atom stereocenters. The molecule has 0 radical (unpaired) electrons. The predicted octanol–water partition coefficient (Wildman–Crippen LogP) is 3.11. The minimum atomic E-state index is -0.455. The fraction of sp³-hybridized carbons (Fsp3) is 0.0714. The van der Waals surface area contributed by atoms with Crippen LogP contribution >= 0.6 is 0 Å². The summed E-state index contributed by atoms with van der Waals surface area (Å²) in [4.78, 5) is 10.4. The van der Waals surface area contributed by atoms with Crippen LogP contribution in [0.4, 0.5) is 5.69 Å². The van der Waals surface area contributed by atoms with Gasteiger partial charge < -0.3 is 5.21 Å². The van der Waals surface area contributed by atoms with Gasteiger partial charge in [0.15, 0.2) is 0 Å². The molecule has 5 nitrogen and oxygen atoms in total. The predicted molar refractivity (Wildman–Crippen MR) is 70.7 cm³/mol. The van der Waals surface area contributed by atoms with Crippen LogP contribution in [-0.2, 0) is 0 Å². The molecule has 1 aliphatic rings. The average Bonchev–Trinajstić information content (AvgIpc) is 2.70. The van der Waals surface area contributed by atoms with E-state index in [1.807, 2.05) is 25.1 Å². The van der Waals surface area contributed by atoms with Crippen molar-refractivity contribution in [3.63, 3.8) is 0 Å². The zero-order valence-corrected chi connectivity index (χ0v) is 10.1. The van der Waals surface area contributed by atoms with Gasteiger partial charge in [0.05, 0.1) is 4.92 Å². The van der Waals surface area contributed by atoms with Gasteiger partial charge >= 0.3 is 0 Å². The first-order valence-electron chi connectivity index (χ1n) is 5.74. The first-order valence-corrected chi connectivity index (χ1v) is 5.74. The van der Waals surface area contributed by atoms with Crippen molar-refractivity contribution in [1.82, 2.24) is 0 Å². The molecule has 0 saturated heterocycles. The van der Waals surface area contributed by atoms with E-state index in [1.54, 1.807) is 6.07 Å². The maximum absolute atomic E-state index is 10.8. The third kappa shape index (κ3) is 1.59. The summed E-state index contributed by atoms with van der Waals surface area (Å²) in [5.41, 5.74) is 4.61. The molecule has 0 amide bonds. The minimum Gasteiger partial charge on any atom is -0.410 e. The third-order valence-electron chi connectivity index (χ3n) is 3.29. The zero-order valence-electron chi connectivity index (χ0n) is 10.1. The summed E-state index contributed by atoms with van der Waals surface area (Å²) in [7, 11) is 0. The van der Waals surface area contributed by atoms with E-state index in [0.29, 0.717) is 11.3 Å². The first-order chi connectivity index (χ1) is 9.11. The highest BCUT2D eigenvalue weighted by Gasteiger charge is 2.27. The summed E-state index contributed by atoms with van der Waals surface area (Å²) in [5, 5.41) is 23.3. The van der Waals surface area contributed by atoms with Crippen LogP contribution in [0.15, 0.2) is 41.6 Å².